The molecule has 0 aromatic heterocycles. The maximum Gasteiger partial charge on any atom is 0.331 e. The van der Waals surface area contributed by atoms with Gasteiger partial charge in [-0.2, -0.15) is 0 Å². The van der Waals surface area contributed by atoms with Gasteiger partial charge in [0.1, 0.15) is 0 Å². The first-order valence-corrected chi connectivity index (χ1v) is 6.99. The number of aliphatic carboxylic acids is 1. The third kappa shape index (κ3) is 3.71. The first-order chi connectivity index (χ1) is 10.6. The van der Waals surface area contributed by atoms with Crippen LogP contribution in [-0.2, 0) is 4.79 Å². The Hall–Kier alpha value is -2.77. The zero-order valence-electron chi connectivity index (χ0n) is 13.3. The Labute approximate surface area is 132 Å². The molecule has 0 aliphatic carbocycles. The summed E-state index contributed by atoms with van der Waals surface area (Å²) in [6, 6.07) is 2.16. The van der Waals surface area contributed by atoms with Gasteiger partial charge >= 0.3 is 5.97 Å². The van der Waals surface area contributed by atoms with E-state index >= 15 is 0 Å². The van der Waals surface area contributed by atoms with Crippen LogP contribution in [-0.4, -0.2) is 20.9 Å². The molecule has 0 aliphatic rings. The monoisotopic (exact) mass is 322 g/mol. The van der Waals surface area contributed by atoms with E-state index < -0.39 is 21.5 Å². The maximum atomic E-state index is 11.4. The number of carbonyl (C=O) groups is 1. The zero-order chi connectivity index (χ0) is 17.9. The molecule has 0 aliphatic heterocycles. The predicted molar refractivity (Wildman–Crippen MR) is 84.4 cm³/mol. The molecule has 1 N–H and O–H groups in total. The van der Waals surface area contributed by atoms with Gasteiger partial charge in [-0.1, -0.05) is 13.8 Å². The van der Waals surface area contributed by atoms with Crippen LogP contribution in [0.2, 0.25) is 0 Å². The lowest BCUT2D eigenvalue weighted by molar-refractivity contribution is -0.394. The predicted octanol–water partition coefficient (Wildman–Crippen LogP) is 3.89. The molecular weight excluding hydrogens is 304 g/mol. The number of nitro benzene ring substituents is 2. The Bertz CT molecular complexity index is 708. The number of carboxylic acids is 1. The molecule has 0 fully saturated rings. The van der Waals surface area contributed by atoms with E-state index in [1.165, 1.54) is 19.9 Å². The highest BCUT2D eigenvalue weighted by atomic mass is 16.6. The number of hydrogen-bond donors (Lipinski definition) is 1. The molecule has 124 valence electrons. The smallest absolute Gasteiger partial charge is 0.331 e. The van der Waals surface area contributed by atoms with Gasteiger partial charge in [0.15, 0.2) is 0 Å². The first kappa shape index (κ1) is 18.3. The van der Waals surface area contributed by atoms with E-state index in [-0.39, 0.29) is 28.3 Å². The van der Waals surface area contributed by atoms with Crippen molar-refractivity contribution in [3.63, 3.8) is 0 Å². The number of hydrogen-bond acceptors (Lipinski definition) is 5. The number of allylic oxidation sites excluding steroid dienone is 1. The second-order valence-electron chi connectivity index (χ2n) is 5.31. The molecule has 0 amide bonds. The summed E-state index contributed by atoms with van der Waals surface area (Å²) in [5.74, 6) is -1.38. The fourth-order valence-corrected chi connectivity index (χ4v) is 2.25. The zero-order valence-corrected chi connectivity index (χ0v) is 13.3. The number of nitro groups is 2. The van der Waals surface area contributed by atoms with Crippen molar-refractivity contribution in [3.8, 4) is 0 Å². The maximum absolute atomic E-state index is 11.4. The summed E-state index contributed by atoms with van der Waals surface area (Å²) >= 11 is 0. The molecule has 1 rings (SSSR count). The summed E-state index contributed by atoms with van der Waals surface area (Å²) in [4.78, 5) is 32.2. The van der Waals surface area contributed by atoms with Crippen molar-refractivity contribution >= 4 is 22.9 Å². The average Bonchev–Trinajstić information content (AvgIpc) is 2.50. The fraction of sp³-hybridized carbons (Fsp3) is 0.400. The Kier molecular flexibility index (Phi) is 5.56. The number of nitrogens with zero attached hydrogens (tertiary/aromatic N) is 2. The highest BCUT2D eigenvalue weighted by Gasteiger charge is 2.28. The minimum absolute atomic E-state index is 0.0356. The summed E-state index contributed by atoms with van der Waals surface area (Å²) < 4.78 is 0. The molecule has 0 bridgehead atoms. The van der Waals surface area contributed by atoms with Crippen LogP contribution in [0.25, 0.3) is 5.57 Å². The van der Waals surface area contributed by atoms with E-state index in [2.05, 4.69) is 0 Å². The second kappa shape index (κ2) is 6.99. The van der Waals surface area contributed by atoms with E-state index in [0.717, 1.165) is 6.07 Å². The summed E-state index contributed by atoms with van der Waals surface area (Å²) in [6.07, 6.45) is 0.602. The third-order valence-electron chi connectivity index (χ3n) is 3.94. The summed E-state index contributed by atoms with van der Waals surface area (Å²) in [7, 11) is 0. The van der Waals surface area contributed by atoms with Gasteiger partial charge in [0.2, 0.25) is 0 Å². The van der Waals surface area contributed by atoms with E-state index in [1.54, 1.807) is 6.92 Å². The molecule has 1 aromatic rings. The number of carboxylic acid groups (broad SMARTS) is 1. The average molecular weight is 322 g/mol. The van der Waals surface area contributed by atoms with Gasteiger partial charge in [0.25, 0.3) is 11.4 Å². The Morgan fingerprint density at radius 3 is 2.17 bits per heavy atom. The van der Waals surface area contributed by atoms with Gasteiger partial charge in [0.05, 0.1) is 21.5 Å². The Balaban J connectivity index is 3.91. The Morgan fingerprint density at radius 2 is 1.78 bits per heavy atom. The molecule has 0 spiro atoms. The Morgan fingerprint density at radius 1 is 1.22 bits per heavy atom. The van der Waals surface area contributed by atoms with Gasteiger partial charge in [-0.25, -0.2) is 4.79 Å². The van der Waals surface area contributed by atoms with Gasteiger partial charge in [-0.15, -0.1) is 0 Å². The van der Waals surface area contributed by atoms with Crippen molar-refractivity contribution in [2.75, 3.05) is 0 Å². The van der Waals surface area contributed by atoms with Crippen molar-refractivity contribution in [3.05, 3.63) is 49.1 Å². The summed E-state index contributed by atoms with van der Waals surface area (Å²) in [5, 5.41) is 31.5. The van der Waals surface area contributed by atoms with Crippen LogP contribution in [0.3, 0.4) is 0 Å². The van der Waals surface area contributed by atoms with Gasteiger partial charge in [-0.05, 0) is 37.3 Å². The van der Waals surface area contributed by atoms with E-state index in [4.69, 9.17) is 5.11 Å². The minimum atomic E-state index is -1.19. The van der Waals surface area contributed by atoms with Crippen molar-refractivity contribution in [2.45, 2.75) is 40.0 Å². The van der Waals surface area contributed by atoms with Gasteiger partial charge in [-0.3, -0.25) is 20.2 Å². The molecule has 0 saturated carbocycles. The molecule has 1 unspecified atom stereocenters. The van der Waals surface area contributed by atoms with Crippen molar-refractivity contribution in [2.24, 2.45) is 0 Å². The summed E-state index contributed by atoms with van der Waals surface area (Å²) in [6.45, 7) is 6.46. The van der Waals surface area contributed by atoms with Gasteiger partial charge < -0.3 is 5.11 Å². The minimum Gasteiger partial charge on any atom is -0.478 e. The van der Waals surface area contributed by atoms with Gasteiger partial charge in [0, 0.05) is 11.6 Å². The van der Waals surface area contributed by atoms with Crippen LogP contribution in [0.4, 0.5) is 11.4 Å². The van der Waals surface area contributed by atoms with Crippen LogP contribution in [0.5, 0.6) is 0 Å². The van der Waals surface area contributed by atoms with E-state index in [0.29, 0.717) is 12.0 Å². The normalized spacial score (nSPS) is 13.2. The van der Waals surface area contributed by atoms with Crippen molar-refractivity contribution in [1.29, 1.82) is 0 Å². The van der Waals surface area contributed by atoms with Crippen LogP contribution < -0.4 is 0 Å². The summed E-state index contributed by atoms with van der Waals surface area (Å²) in [5.41, 5.74) is -0.0774. The van der Waals surface area contributed by atoms with Crippen LogP contribution in [0.15, 0.2) is 17.7 Å². The molecule has 1 aromatic carbocycles. The number of rotatable bonds is 6. The molecule has 8 nitrogen and oxygen atoms in total. The molecule has 23 heavy (non-hydrogen) atoms. The van der Waals surface area contributed by atoms with Crippen molar-refractivity contribution < 1.29 is 19.7 Å². The number of non-ortho nitro benzene ring substituents is 1. The fourth-order valence-electron chi connectivity index (χ4n) is 2.25. The molecular formula is C15H18N2O6. The molecule has 8 heteroatoms. The first-order valence-electron chi connectivity index (χ1n) is 6.99. The number of benzene rings is 1. The topological polar surface area (TPSA) is 124 Å². The highest BCUT2D eigenvalue weighted by Crippen LogP contribution is 2.39. The van der Waals surface area contributed by atoms with E-state index in [1.807, 2.05) is 6.92 Å². The van der Waals surface area contributed by atoms with E-state index in [9.17, 15) is 25.0 Å². The lowest BCUT2D eigenvalue weighted by atomic mass is 9.87. The lowest BCUT2D eigenvalue weighted by Gasteiger charge is -2.16. The largest absolute Gasteiger partial charge is 0.478 e. The third-order valence-corrected chi connectivity index (χ3v) is 3.94. The van der Waals surface area contributed by atoms with Crippen LogP contribution >= 0.6 is 0 Å². The van der Waals surface area contributed by atoms with Crippen LogP contribution in [0.1, 0.15) is 51.2 Å². The SMILES string of the molecule is CCC(C)c1cc([N+](=O)[O-])cc([N+](=O)[O-])c1/C(C)=C(/C)C(=O)O. The highest BCUT2D eigenvalue weighted by molar-refractivity contribution is 5.97. The molecule has 0 radical (unpaired) electrons. The molecule has 1 atom stereocenters. The molecule has 0 heterocycles. The standard InChI is InChI=1S/C15H18N2O6/c1-5-8(2)12-6-11(16(20)21)7-13(17(22)23)14(12)9(3)10(4)15(18)19/h6-8H,5H2,1-4H3,(H,18,19)/b10-9-. The second-order valence-corrected chi connectivity index (χ2v) is 5.31. The van der Waals surface area contributed by atoms with Crippen LogP contribution in [0, 0.1) is 20.2 Å². The quantitative estimate of drug-likeness (QED) is 0.481. The lowest BCUT2D eigenvalue weighted by Crippen LogP contribution is -2.07. The molecule has 0 saturated heterocycles. The van der Waals surface area contributed by atoms with Crippen molar-refractivity contribution in [1.82, 2.24) is 0 Å².